The van der Waals surface area contributed by atoms with Crippen molar-refractivity contribution in [3.63, 3.8) is 0 Å². The number of nitrogens with zero attached hydrogens (tertiary/aromatic N) is 2. The number of thioether (sulfide) groups is 2. The molecule has 1 unspecified atom stereocenters. The lowest BCUT2D eigenvalue weighted by Gasteiger charge is -2.27. The topological polar surface area (TPSA) is 50.9 Å². The summed E-state index contributed by atoms with van der Waals surface area (Å²) in [7, 11) is 1.71. The van der Waals surface area contributed by atoms with Crippen LogP contribution in [0.1, 0.15) is 6.92 Å². The summed E-state index contributed by atoms with van der Waals surface area (Å²) in [6.07, 6.45) is 0. The van der Waals surface area contributed by atoms with Gasteiger partial charge in [0, 0.05) is 41.8 Å². The quantitative estimate of drug-likeness (QED) is 0.491. The van der Waals surface area contributed by atoms with E-state index in [1.165, 1.54) is 4.90 Å². The lowest BCUT2D eigenvalue weighted by atomic mass is 10.2. The van der Waals surface area contributed by atoms with Gasteiger partial charge in [-0.3, -0.25) is 4.99 Å². The molecule has 0 aromatic heterocycles. The molecule has 122 valence electrons. The number of nitrogens with two attached hydrogens (primary N) is 1. The summed E-state index contributed by atoms with van der Waals surface area (Å²) in [5.74, 6) is 5.42. The zero-order valence-corrected chi connectivity index (χ0v) is 15.0. The summed E-state index contributed by atoms with van der Waals surface area (Å²) in [4.78, 5) is 7.94. The van der Waals surface area contributed by atoms with E-state index in [0.717, 1.165) is 42.6 Å². The number of guanidine groups is 1. The van der Waals surface area contributed by atoms with Crippen LogP contribution < -0.4 is 10.5 Å². The van der Waals surface area contributed by atoms with Gasteiger partial charge < -0.3 is 15.4 Å². The molecule has 0 radical (unpaired) electrons. The highest BCUT2D eigenvalue weighted by Gasteiger charge is 2.13. The predicted octanol–water partition coefficient (Wildman–Crippen LogP) is 2.79. The predicted molar refractivity (Wildman–Crippen MR) is 98.3 cm³/mol. The van der Waals surface area contributed by atoms with Gasteiger partial charge in [-0.1, -0.05) is 19.1 Å². The van der Waals surface area contributed by atoms with Crippen molar-refractivity contribution in [1.29, 1.82) is 0 Å². The van der Waals surface area contributed by atoms with E-state index < -0.39 is 0 Å². The van der Waals surface area contributed by atoms with Gasteiger partial charge in [0.2, 0.25) is 0 Å². The van der Waals surface area contributed by atoms with Gasteiger partial charge in [-0.25, -0.2) is 0 Å². The lowest BCUT2D eigenvalue weighted by Crippen LogP contribution is -2.42. The molecular weight excluding hydrogens is 314 g/mol. The molecule has 1 heterocycles. The van der Waals surface area contributed by atoms with Crippen LogP contribution in [0, 0.1) is 5.92 Å². The Bertz CT molecular complexity index is 490. The van der Waals surface area contributed by atoms with Gasteiger partial charge in [-0.05, 0) is 18.1 Å². The number of aliphatic imine (C=N–C) groups is 1. The minimum Gasteiger partial charge on any atom is -0.496 e. The summed E-state index contributed by atoms with van der Waals surface area (Å²) in [6.45, 7) is 5.03. The highest BCUT2D eigenvalue weighted by Crippen LogP contribution is 2.30. The number of para-hydroxylation sites is 1. The van der Waals surface area contributed by atoms with Gasteiger partial charge in [0.15, 0.2) is 5.96 Å². The van der Waals surface area contributed by atoms with E-state index in [1.807, 2.05) is 41.7 Å². The maximum absolute atomic E-state index is 6.09. The van der Waals surface area contributed by atoms with Crippen LogP contribution in [0.4, 0.5) is 0 Å². The Labute approximate surface area is 141 Å². The molecule has 0 aliphatic carbocycles. The highest BCUT2D eigenvalue weighted by molar-refractivity contribution is 7.99. The van der Waals surface area contributed by atoms with Crippen molar-refractivity contribution in [3.8, 4) is 5.75 Å². The van der Waals surface area contributed by atoms with Crippen molar-refractivity contribution in [1.82, 2.24) is 4.90 Å². The number of methoxy groups -OCH3 is 1. The Kier molecular flexibility index (Phi) is 7.25. The monoisotopic (exact) mass is 339 g/mol. The number of ether oxygens (including phenoxy) is 1. The molecule has 1 atom stereocenters. The van der Waals surface area contributed by atoms with E-state index in [-0.39, 0.29) is 0 Å². The van der Waals surface area contributed by atoms with Gasteiger partial charge in [0.1, 0.15) is 5.75 Å². The summed E-state index contributed by atoms with van der Waals surface area (Å²) in [5.41, 5.74) is 6.09. The molecule has 4 nitrogen and oxygen atoms in total. The molecule has 1 fully saturated rings. The van der Waals surface area contributed by atoms with Crippen LogP contribution in [0.3, 0.4) is 0 Å². The number of hydrogen-bond acceptors (Lipinski definition) is 4. The fraction of sp³-hybridized carbons (Fsp3) is 0.562. The van der Waals surface area contributed by atoms with Crippen LogP contribution >= 0.6 is 23.5 Å². The van der Waals surface area contributed by atoms with Crippen molar-refractivity contribution in [2.24, 2.45) is 16.6 Å². The van der Waals surface area contributed by atoms with Gasteiger partial charge in [-0.15, -0.1) is 11.8 Å². The molecule has 0 amide bonds. The van der Waals surface area contributed by atoms with Crippen molar-refractivity contribution in [3.05, 3.63) is 24.3 Å². The highest BCUT2D eigenvalue weighted by atomic mass is 32.2. The average molecular weight is 340 g/mol. The molecule has 0 spiro atoms. The number of benzene rings is 1. The maximum Gasteiger partial charge on any atom is 0.191 e. The summed E-state index contributed by atoms with van der Waals surface area (Å²) >= 11 is 3.80. The van der Waals surface area contributed by atoms with Crippen LogP contribution in [0.5, 0.6) is 5.75 Å². The SMILES string of the molecule is COc1ccccc1SCC(C)CN=C(N)N1CCSCC1. The van der Waals surface area contributed by atoms with Crippen LogP contribution in [-0.4, -0.2) is 54.9 Å². The van der Waals surface area contributed by atoms with Crippen LogP contribution in [0.2, 0.25) is 0 Å². The first-order chi connectivity index (χ1) is 10.7. The van der Waals surface area contributed by atoms with E-state index in [4.69, 9.17) is 10.5 Å². The Morgan fingerprint density at radius 2 is 2.14 bits per heavy atom. The zero-order chi connectivity index (χ0) is 15.8. The van der Waals surface area contributed by atoms with E-state index >= 15 is 0 Å². The van der Waals surface area contributed by atoms with Crippen molar-refractivity contribution in [2.45, 2.75) is 11.8 Å². The third kappa shape index (κ3) is 5.32. The largest absolute Gasteiger partial charge is 0.496 e. The average Bonchev–Trinajstić information content (AvgIpc) is 2.58. The second kappa shape index (κ2) is 9.20. The number of hydrogen-bond donors (Lipinski definition) is 1. The molecule has 1 aromatic rings. The van der Waals surface area contributed by atoms with E-state index in [2.05, 4.69) is 22.9 Å². The van der Waals surface area contributed by atoms with E-state index in [0.29, 0.717) is 11.9 Å². The third-order valence-corrected chi connectivity index (χ3v) is 5.82. The molecule has 2 rings (SSSR count). The molecule has 1 aliphatic heterocycles. The fourth-order valence-electron chi connectivity index (χ4n) is 2.16. The van der Waals surface area contributed by atoms with Crippen molar-refractivity contribution >= 4 is 29.5 Å². The molecular formula is C16H25N3OS2. The summed E-state index contributed by atoms with van der Waals surface area (Å²) < 4.78 is 5.38. The van der Waals surface area contributed by atoms with Gasteiger partial charge in [0.05, 0.1) is 7.11 Å². The van der Waals surface area contributed by atoms with Gasteiger partial charge >= 0.3 is 0 Å². The van der Waals surface area contributed by atoms with Crippen molar-refractivity contribution < 1.29 is 4.74 Å². The fourth-order valence-corrected chi connectivity index (χ4v) is 4.11. The van der Waals surface area contributed by atoms with E-state index in [1.54, 1.807) is 7.11 Å². The van der Waals surface area contributed by atoms with Crippen molar-refractivity contribution in [2.75, 3.05) is 44.0 Å². The molecule has 1 aliphatic rings. The number of rotatable bonds is 6. The maximum atomic E-state index is 6.09. The van der Waals surface area contributed by atoms with E-state index in [9.17, 15) is 0 Å². The Balaban J connectivity index is 1.78. The molecule has 0 bridgehead atoms. The Hall–Kier alpha value is -1.01. The van der Waals surface area contributed by atoms with Gasteiger partial charge in [0.25, 0.3) is 0 Å². The second-order valence-corrected chi connectivity index (χ2v) is 7.65. The van der Waals surface area contributed by atoms with Gasteiger partial charge in [-0.2, -0.15) is 11.8 Å². The minimum absolute atomic E-state index is 0.479. The first-order valence-corrected chi connectivity index (χ1v) is 9.73. The third-order valence-electron chi connectivity index (χ3n) is 3.49. The molecule has 22 heavy (non-hydrogen) atoms. The Morgan fingerprint density at radius 1 is 1.41 bits per heavy atom. The first kappa shape index (κ1) is 17.3. The Morgan fingerprint density at radius 3 is 2.86 bits per heavy atom. The lowest BCUT2D eigenvalue weighted by molar-refractivity contribution is 0.405. The van der Waals surface area contributed by atoms with Crippen LogP contribution in [0.25, 0.3) is 0 Å². The molecule has 6 heteroatoms. The zero-order valence-electron chi connectivity index (χ0n) is 13.3. The molecule has 2 N–H and O–H groups in total. The molecule has 1 saturated heterocycles. The normalized spacial score (nSPS) is 17.4. The summed E-state index contributed by atoms with van der Waals surface area (Å²) in [6, 6.07) is 8.13. The molecule has 1 aromatic carbocycles. The first-order valence-electron chi connectivity index (χ1n) is 7.59. The minimum atomic E-state index is 0.479. The second-order valence-electron chi connectivity index (χ2n) is 5.37. The standard InChI is InChI=1S/C16H25N3OS2/c1-13(11-18-16(17)19-7-9-21-10-8-19)12-22-15-6-4-3-5-14(15)20-2/h3-6,13H,7-12H2,1-2H3,(H2,17,18). The smallest absolute Gasteiger partial charge is 0.191 e. The summed E-state index contributed by atoms with van der Waals surface area (Å²) in [5, 5.41) is 0. The van der Waals surface area contributed by atoms with Crippen LogP contribution in [-0.2, 0) is 0 Å². The van der Waals surface area contributed by atoms with Crippen LogP contribution in [0.15, 0.2) is 34.2 Å². The molecule has 0 saturated carbocycles.